The molecule has 0 saturated carbocycles. The van der Waals surface area contributed by atoms with Crippen LogP contribution in [0, 0.1) is 0 Å². The van der Waals surface area contributed by atoms with Gasteiger partial charge in [0.25, 0.3) is 0 Å². The van der Waals surface area contributed by atoms with Crippen molar-refractivity contribution in [1.29, 1.82) is 0 Å². The van der Waals surface area contributed by atoms with Gasteiger partial charge in [-0.25, -0.2) is 0 Å². The first kappa shape index (κ1) is 15.5. The summed E-state index contributed by atoms with van der Waals surface area (Å²) >= 11 is 3.48. The predicted octanol–water partition coefficient (Wildman–Crippen LogP) is 4.94. The lowest BCUT2D eigenvalue weighted by molar-refractivity contribution is -0.113. The Bertz CT molecular complexity index is 656. The van der Waals surface area contributed by atoms with Crippen molar-refractivity contribution in [2.75, 3.05) is 0 Å². The van der Waals surface area contributed by atoms with E-state index in [-0.39, 0.29) is 11.5 Å². The Morgan fingerprint density at radius 3 is 2.29 bits per heavy atom. The summed E-state index contributed by atoms with van der Waals surface area (Å²) in [5, 5.41) is 9.84. The van der Waals surface area contributed by atoms with Crippen molar-refractivity contribution in [2.45, 2.75) is 19.8 Å². The average Bonchev–Trinajstić information content (AvgIpc) is 2.47. The Labute approximate surface area is 133 Å². The lowest BCUT2D eigenvalue weighted by atomic mass is 9.96. The molecule has 0 heterocycles. The van der Waals surface area contributed by atoms with Crippen LogP contribution in [0.4, 0.5) is 0 Å². The summed E-state index contributed by atoms with van der Waals surface area (Å²) in [6, 6.07) is 17.1. The number of aliphatic hydroxyl groups excluding tert-OH is 1. The molecule has 0 amide bonds. The summed E-state index contributed by atoms with van der Waals surface area (Å²) in [5.41, 5.74) is 2.26. The van der Waals surface area contributed by atoms with E-state index in [1.54, 1.807) is 6.92 Å². The molecule has 2 aromatic carbocycles. The Morgan fingerprint density at radius 2 is 1.67 bits per heavy atom. The van der Waals surface area contributed by atoms with Gasteiger partial charge < -0.3 is 5.11 Å². The van der Waals surface area contributed by atoms with Crippen molar-refractivity contribution in [1.82, 2.24) is 0 Å². The highest BCUT2D eigenvalue weighted by atomic mass is 79.9. The lowest BCUT2D eigenvalue weighted by Gasteiger charge is -2.09. The molecular weight excluding hydrogens is 328 g/mol. The molecule has 2 nitrogen and oxygen atoms in total. The zero-order valence-electron chi connectivity index (χ0n) is 11.8. The van der Waals surface area contributed by atoms with Crippen LogP contribution >= 0.6 is 15.9 Å². The lowest BCUT2D eigenvalue weighted by Crippen LogP contribution is -2.06. The zero-order valence-corrected chi connectivity index (χ0v) is 13.4. The van der Waals surface area contributed by atoms with E-state index < -0.39 is 0 Å². The third kappa shape index (κ3) is 4.05. The van der Waals surface area contributed by atoms with E-state index in [4.69, 9.17) is 0 Å². The number of Topliss-reactive ketones (excluding diaryl/α,β-unsaturated/α-hetero) is 1. The van der Waals surface area contributed by atoms with Gasteiger partial charge in [0.2, 0.25) is 0 Å². The number of carbonyl (C=O) groups excluding carboxylic acids is 1. The first-order valence-electron chi connectivity index (χ1n) is 6.81. The van der Waals surface area contributed by atoms with Crippen LogP contribution in [0.5, 0.6) is 0 Å². The molecule has 3 heteroatoms. The second-order valence-electron chi connectivity index (χ2n) is 4.84. The quantitative estimate of drug-likeness (QED) is 0.616. The second-order valence-corrected chi connectivity index (χ2v) is 5.70. The molecule has 2 rings (SSSR count). The Morgan fingerprint density at radius 1 is 1.05 bits per heavy atom. The fourth-order valence-corrected chi connectivity index (χ4v) is 2.73. The molecule has 0 fully saturated rings. The van der Waals surface area contributed by atoms with Gasteiger partial charge in [0.1, 0.15) is 5.76 Å². The van der Waals surface area contributed by atoms with Crippen molar-refractivity contribution in [2.24, 2.45) is 0 Å². The van der Waals surface area contributed by atoms with Crippen LogP contribution < -0.4 is 0 Å². The number of hydrogen-bond donors (Lipinski definition) is 1. The smallest absolute Gasteiger partial charge is 0.167 e. The maximum absolute atomic E-state index is 12.4. The summed E-state index contributed by atoms with van der Waals surface area (Å²) in [4.78, 5) is 12.4. The molecule has 0 spiro atoms. The highest BCUT2D eigenvalue weighted by molar-refractivity contribution is 9.10. The van der Waals surface area contributed by atoms with Crippen molar-refractivity contribution in [3.8, 4) is 0 Å². The molecule has 0 unspecified atom stereocenters. The van der Waals surface area contributed by atoms with E-state index in [1.165, 1.54) is 0 Å². The minimum Gasteiger partial charge on any atom is -0.512 e. The maximum atomic E-state index is 12.4. The monoisotopic (exact) mass is 344 g/mol. The molecule has 0 aromatic heterocycles. The summed E-state index contributed by atoms with van der Waals surface area (Å²) in [5.74, 6) is 0.0234. The molecule has 0 aliphatic carbocycles. The summed E-state index contributed by atoms with van der Waals surface area (Å²) in [6.45, 7) is 1.55. The number of halogens is 1. The van der Waals surface area contributed by atoms with E-state index in [1.807, 2.05) is 54.6 Å². The van der Waals surface area contributed by atoms with E-state index >= 15 is 0 Å². The number of aryl methyl sites for hydroxylation is 1. The molecular formula is C18H17BrO2. The summed E-state index contributed by atoms with van der Waals surface area (Å²) < 4.78 is 1.00. The molecule has 0 saturated heterocycles. The van der Waals surface area contributed by atoms with Gasteiger partial charge in [-0.2, -0.15) is 0 Å². The average molecular weight is 345 g/mol. The summed E-state index contributed by atoms with van der Waals surface area (Å²) in [6.07, 6.45) is 1.01. The van der Waals surface area contributed by atoms with Gasteiger partial charge >= 0.3 is 0 Å². The highest BCUT2D eigenvalue weighted by Gasteiger charge is 2.15. The number of aliphatic hydroxyl groups is 1. The number of benzene rings is 2. The van der Waals surface area contributed by atoms with Gasteiger partial charge in [-0.1, -0.05) is 64.5 Å². The number of rotatable bonds is 5. The fraction of sp³-hybridized carbons (Fsp3) is 0.167. The number of hydrogen-bond acceptors (Lipinski definition) is 2. The minimum absolute atomic E-state index is 0.0445. The van der Waals surface area contributed by atoms with Gasteiger partial charge in [0.15, 0.2) is 5.78 Å². The zero-order chi connectivity index (χ0) is 15.2. The molecule has 108 valence electrons. The summed E-state index contributed by atoms with van der Waals surface area (Å²) in [7, 11) is 0. The van der Waals surface area contributed by atoms with Crippen molar-refractivity contribution >= 4 is 27.3 Å². The Hall–Kier alpha value is -1.87. The second kappa shape index (κ2) is 7.23. The molecule has 21 heavy (non-hydrogen) atoms. The Balaban J connectivity index is 2.15. The van der Waals surface area contributed by atoms with Crippen LogP contribution in [0.1, 0.15) is 24.5 Å². The predicted molar refractivity (Wildman–Crippen MR) is 89.1 cm³/mol. The highest BCUT2D eigenvalue weighted by Crippen LogP contribution is 2.23. The maximum Gasteiger partial charge on any atom is 0.167 e. The van der Waals surface area contributed by atoms with E-state index in [0.29, 0.717) is 18.4 Å². The SMILES string of the molecule is C/C(O)=C(/C(=O)CCc1ccccc1Br)c1ccccc1. The minimum atomic E-state index is -0.0445. The molecule has 0 bridgehead atoms. The van der Waals surface area contributed by atoms with Gasteiger partial charge in [-0.05, 0) is 30.5 Å². The third-order valence-corrected chi connectivity index (χ3v) is 4.06. The first-order valence-corrected chi connectivity index (χ1v) is 7.60. The van der Waals surface area contributed by atoms with Gasteiger partial charge in [0.05, 0.1) is 5.57 Å². The molecule has 0 aliphatic heterocycles. The van der Waals surface area contributed by atoms with Crippen LogP contribution in [-0.4, -0.2) is 10.9 Å². The van der Waals surface area contributed by atoms with Crippen LogP contribution in [-0.2, 0) is 11.2 Å². The van der Waals surface area contributed by atoms with Crippen LogP contribution in [0.3, 0.4) is 0 Å². The van der Waals surface area contributed by atoms with Crippen LogP contribution in [0.15, 0.2) is 64.8 Å². The molecule has 2 aromatic rings. The molecule has 0 radical (unpaired) electrons. The fourth-order valence-electron chi connectivity index (χ4n) is 2.25. The van der Waals surface area contributed by atoms with Crippen molar-refractivity contribution in [3.05, 3.63) is 76.0 Å². The van der Waals surface area contributed by atoms with Crippen molar-refractivity contribution < 1.29 is 9.90 Å². The molecule has 0 atom stereocenters. The topological polar surface area (TPSA) is 37.3 Å². The van der Waals surface area contributed by atoms with E-state index in [0.717, 1.165) is 15.6 Å². The number of allylic oxidation sites excluding steroid dienone is 2. The first-order chi connectivity index (χ1) is 10.1. The standard InChI is InChI=1S/C18H17BrO2/c1-13(20)18(15-8-3-2-4-9-15)17(21)12-11-14-7-5-6-10-16(14)19/h2-10,20H,11-12H2,1H3/b18-13-. The third-order valence-electron chi connectivity index (χ3n) is 3.28. The van der Waals surface area contributed by atoms with E-state index in [9.17, 15) is 9.90 Å². The van der Waals surface area contributed by atoms with Gasteiger partial charge in [-0.15, -0.1) is 0 Å². The van der Waals surface area contributed by atoms with Crippen molar-refractivity contribution in [3.63, 3.8) is 0 Å². The number of ketones is 1. The molecule has 1 N–H and O–H groups in total. The van der Waals surface area contributed by atoms with Gasteiger partial charge in [0, 0.05) is 10.9 Å². The largest absolute Gasteiger partial charge is 0.512 e. The van der Waals surface area contributed by atoms with Crippen LogP contribution in [0.25, 0.3) is 5.57 Å². The van der Waals surface area contributed by atoms with E-state index in [2.05, 4.69) is 15.9 Å². The normalized spacial score (nSPS) is 11.9. The number of carbonyl (C=O) groups is 1. The van der Waals surface area contributed by atoms with Crippen LogP contribution in [0.2, 0.25) is 0 Å². The van der Waals surface area contributed by atoms with Gasteiger partial charge in [-0.3, -0.25) is 4.79 Å². The Kier molecular flexibility index (Phi) is 5.34. The molecule has 0 aliphatic rings.